The van der Waals surface area contributed by atoms with Crippen molar-refractivity contribution >= 4 is 35.1 Å². The van der Waals surface area contributed by atoms with E-state index in [-0.39, 0.29) is 12.3 Å². The molecule has 0 aliphatic rings. The van der Waals surface area contributed by atoms with Crippen molar-refractivity contribution in [3.8, 4) is 10.6 Å². The average molecular weight is 359 g/mol. The largest absolute Gasteiger partial charge is 0.368 e. The minimum absolute atomic E-state index is 0.124. The lowest BCUT2D eigenvalue weighted by molar-refractivity contribution is -0.119. The summed E-state index contributed by atoms with van der Waals surface area (Å²) in [6, 6.07) is 8.82. The highest BCUT2D eigenvalue weighted by atomic mass is 32.1. The van der Waals surface area contributed by atoms with Crippen LogP contribution < -0.4 is 16.9 Å². The van der Waals surface area contributed by atoms with Crippen LogP contribution in [-0.2, 0) is 16.1 Å². The number of primary amides is 1. The smallest absolute Gasteiger partial charge is 0.273 e. The van der Waals surface area contributed by atoms with Crippen molar-refractivity contribution in [2.45, 2.75) is 19.5 Å². The molecule has 0 saturated heterocycles. The summed E-state index contributed by atoms with van der Waals surface area (Å²) in [5.74, 6) is 4.02. The summed E-state index contributed by atoms with van der Waals surface area (Å²) >= 11 is 1.37. The lowest BCUT2D eigenvalue weighted by Crippen LogP contribution is -2.33. The first kappa shape index (κ1) is 18.2. The molecule has 0 bridgehead atoms. The van der Waals surface area contributed by atoms with E-state index in [4.69, 9.17) is 11.6 Å². The molecule has 9 nitrogen and oxygen atoms in total. The number of amides is 2. The number of nitrogens with two attached hydrogens (primary N) is 2. The summed E-state index contributed by atoms with van der Waals surface area (Å²) in [5.41, 5.74) is 5.92. The van der Waals surface area contributed by atoms with Crippen LogP contribution in [0.3, 0.4) is 0 Å². The fraction of sp³-hybridized carbons (Fsp3) is 0.200. The zero-order valence-electron chi connectivity index (χ0n) is 13.4. The van der Waals surface area contributed by atoms with Gasteiger partial charge in [0.1, 0.15) is 16.1 Å². The number of carbonyl (C=O) groups excluding carboxylic acids is 2. The third-order valence-corrected chi connectivity index (χ3v) is 4.06. The molecule has 2 amide bonds. The van der Waals surface area contributed by atoms with Crippen molar-refractivity contribution in [2.75, 3.05) is 0 Å². The Labute approximate surface area is 147 Å². The van der Waals surface area contributed by atoms with Crippen molar-refractivity contribution in [2.24, 2.45) is 21.7 Å². The Morgan fingerprint density at radius 3 is 2.68 bits per heavy atom. The van der Waals surface area contributed by atoms with Crippen LogP contribution in [0.4, 0.5) is 0 Å². The fourth-order valence-electron chi connectivity index (χ4n) is 1.68. The molecule has 1 aromatic heterocycles. The Morgan fingerprint density at radius 1 is 1.32 bits per heavy atom. The maximum absolute atomic E-state index is 12.0. The lowest BCUT2D eigenvalue weighted by atomic mass is 10.2. The molecule has 0 fully saturated rings. The first-order valence-corrected chi connectivity index (χ1v) is 8.09. The molecule has 0 radical (unpaired) electrons. The van der Waals surface area contributed by atoms with Gasteiger partial charge in [-0.05, 0) is 6.92 Å². The number of nitrogens with zero attached hydrogens (tertiary/aromatic N) is 4. The number of hydrazone groups is 1. The molecule has 2 aromatic rings. The van der Waals surface area contributed by atoms with E-state index in [1.165, 1.54) is 18.3 Å². The predicted molar refractivity (Wildman–Crippen MR) is 96.0 cm³/mol. The average Bonchev–Trinajstić information content (AvgIpc) is 3.10. The zero-order chi connectivity index (χ0) is 18.2. The van der Waals surface area contributed by atoms with Gasteiger partial charge in [-0.1, -0.05) is 41.7 Å². The molecule has 10 heteroatoms. The maximum atomic E-state index is 12.0. The number of aromatic nitrogens is 2. The Bertz CT molecular complexity index is 801. The molecule has 1 aromatic carbocycles. The molecule has 0 saturated carbocycles. The van der Waals surface area contributed by atoms with Crippen LogP contribution in [0.1, 0.15) is 11.9 Å². The zero-order valence-corrected chi connectivity index (χ0v) is 14.2. The maximum Gasteiger partial charge on any atom is 0.273 e. The summed E-state index contributed by atoms with van der Waals surface area (Å²) in [6.07, 6.45) is 1.11. The van der Waals surface area contributed by atoms with E-state index in [9.17, 15) is 9.59 Å². The van der Waals surface area contributed by atoms with Gasteiger partial charge in [-0.3, -0.25) is 14.6 Å². The second-order valence-corrected chi connectivity index (χ2v) is 5.98. The van der Waals surface area contributed by atoms with E-state index in [0.29, 0.717) is 5.01 Å². The van der Waals surface area contributed by atoms with Crippen LogP contribution in [0.2, 0.25) is 0 Å². The van der Waals surface area contributed by atoms with E-state index in [0.717, 1.165) is 16.8 Å². The topological polar surface area (TPSA) is 149 Å². The fourth-order valence-corrected chi connectivity index (χ4v) is 2.46. The van der Waals surface area contributed by atoms with Gasteiger partial charge in [0.15, 0.2) is 5.71 Å². The van der Waals surface area contributed by atoms with Crippen LogP contribution in [0, 0.1) is 0 Å². The van der Waals surface area contributed by atoms with Crippen molar-refractivity contribution in [3.63, 3.8) is 0 Å². The summed E-state index contributed by atoms with van der Waals surface area (Å²) < 4.78 is 0. The van der Waals surface area contributed by atoms with Crippen molar-refractivity contribution in [3.05, 3.63) is 35.3 Å². The Balaban J connectivity index is 1.95. The van der Waals surface area contributed by atoms with Crippen molar-refractivity contribution in [1.82, 2.24) is 15.5 Å². The van der Waals surface area contributed by atoms with Gasteiger partial charge in [-0.2, -0.15) is 5.10 Å². The molecule has 1 atom stereocenters. The number of nitrogens with one attached hydrogen (secondary N) is 1. The highest BCUT2D eigenvalue weighted by Gasteiger charge is 2.13. The van der Waals surface area contributed by atoms with E-state index < -0.39 is 17.9 Å². The van der Waals surface area contributed by atoms with Gasteiger partial charge in [0.05, 0.1) is 12.8 Å². The molecule has 1 heterocycles. The lowest BCUT2D eigenvalue weighted by Gasteiger charge is -2.03. The summed E-state index contributed by atoms with van der Waals surface area (Å²) in [5, 5.41) is 15.5. The first-order chi connectivity index (χ1) is 12.0. The standard InChI is InChI=1S/C15H17N7O2S/c1-9(13(16)23)18-7-11(20-17)14(24)19-8-12-21-22-15(25-12)10-5-3-2-4-6-10/h2-7,9H,8,17H2,1H3,(H2,16,23)(H,19,24)/b18-7?,20-11+. The molecule has 130 valence electrons. The van der Waals surface area contributed by atoms with Gasteiger partial charge < -0.3 is 16.9 Å². The Kier molecular flexibility index (Phi) is 6.29. The summed E-state index contributed by atoms with van der Waals surface area (Å²) in [4.78, 5) is 26.8. The van der Waals surface area contributed by atoms with Crippen LogP contribution in [-0.4, -0.2) is 40.0 Å². The first-order valence-electron chi connectivity index (χ1n) is 7.27. The Hall–Kier alpha value is -3.14. The van der Waals surface area contributed by atoms with Gasteiger partial charge in [-0.15, -0.1) is 10.2 Å². The summed E-state index contributed by atoms with van der Waals surface area (Å²) in [6.45, 7) is 1.67. The molecule has 5 N–H and O–H groups in total. The highest BCUT2D eigenvalue weighted by molar-refractivity contribution is 7.14. The number of carbonyl (C=O) groups is 2. The minimum atomic E-state index is -0.777. The number of benzene rings is 1. The van der Waals surface area contributed by atoms with Crippen molar-refractivity contribution < 1.29 is 9.59 Å². The quantitative estimate of drug-likeness (QED) is 0.363. The summed E-state index contributed by atoms with van der Waals surface area (Å²) in [7, 11) is 0. The third kappa shape index (κ3) is 5.18. The molecule has 0 spiro atoms. The SMILES string of the molecule is CC(N=C/C(=N\N)C(=O)NCc1nnc(-c2ccccc2)s1)C(N)=O. The van der Waals surface area contributed by atoms with E-state index in [1.54, 1.807) is 0 Å². The third-order valence-electron chi connectivity index (χ3n) is 3.09. The molecular formula is C15H17N7O2S. The second kappa shape index (κ2) is 8.64. The molecule has 0 aliphatic heterocycles. The molecule has 2 rings (SSSR count). The number of hydrogen-bond donors (Lipinski definition) is 3. The van der Waals surface area contributed by atoms with E-state index >= 15 is 0 Å². The number of aliphatic imine (C=N–C) groups is 1. The van der Waals surface area contributed by atoms with Crippen LogP contribution in [0.15, 0.2) is 40.4 Å². The molecular weight excluding hydrogens is 342 g/mol. The monoisotopic (exact) mass is 359 g/mol. The normalized spacial score (nSPS) is 12.9. The van der Waals surface area contributed by atoms with E-state index in [1.807, 2.05) is 30.3 Å². The van der Waals surface area contributed by atoms with Crippen LogP contribution >= 0.6 is 11.3 Å². The highest BCUT2D eigenvalue weighted by Crippen LogP contribution is 2.22. The van der Waals surface area contributed by atoms with Crippen LogP contribution in [0.5, 0.6) is 0 Å². The second-order valence-electron chi connectivity index (χ2n) is 4.92. The van der Waals surface area contributed by atoms with Gasteiger partial charge in [0.2, 0.25) is 5.91 Å². The number of hydrogen-bond acceptors (Lipinski definition) is 8. The minimum Gasteiger partial charge on any atom is -0.368 e. The predicted octanol–water partition coefficient (Wildman–Crippen LogP) is 0.0806. The Morgan fingerprint density at radius 2 is 2.04 bits per heavy atom. The van der Waals surface area contributed by atoms with Gasteiger partial charge in [0, 0.05) is 5.56 Å². The molecule has 0 aliphatic carbocycles. The van der Waals surface area contributed by atoms with Gasteiger partial charge >= 0.3 is 0 Å². The molecule has 1 unspecified atom stereocenters. The van der Waals surface area contributed by atoms with Gasteiger partial charge in [0.25, 0.3) is 5.91 Å². The van der Waals surface area contributed by atoms with Gasteiger partial charge in [-0.25, -0.2) is 0 Å². The van der Waals surface area contributed by atoms with E-state index in [2.05, 4.69) is 25.6 Å². The van der Waals surface area contributed by atoms with Crippen LogP contribution in [0.25, 0.3) is 10.6 Å². The van der Waals surface area contributed by atoms with Crippen molar-refractivity contribution in [1.29, 1.82) is 0 Å². The number of rotatable bonds is 7. The molecule has 25 heavy (non-hydrogen) atoms.